The molecule has 0 aliphatic rings. The minimum Gasteiger partial charge on any atom is -0.497 e. The first kappa shape index (κ1) is 14.8. The van der Waals surface area contributed by atoms with Crippen LogP contribution < -0.4 is 15.6 Å². The first-order valence-electron chi connectivity index (χ1n) is 6.46. The van der Waals surface area contributed by atoms with Gasteiger partial charge in [0.25, 0.3) is 11.5 Å². The van der Waals surface area contributed by atoms with Gasteiger partial charge in [-0.05, 0) is 36.2 Å². The Morgan fingerprint density at radius 1 is 1.38 bits per heavy atom. The Morgan fingerprint density at radius 3 is 2.81 bits per heavy atom. The van der Waals surface area contributed by atoms with E-state index in [1.807, 2.05) is 24.3 Å². The quantitative estimate of drug-likeness (QED) is 0.925. The fourth-order valence-electron chi connectivity index (χ4n) is 2.08. The van der Waals surface area contributed by atoms with Crippen LogP contribution in [0.1, 0.15) is 21.5 Å². The van der Waals surface area contributed by atoms with Crippen molar-refractivity contribution in [3.05, 3.63) is 70.5 Å². The SMILES string of the molecule is [CH2]c1cc(C(=O)NC)c(=O)n(Cc2cccc(OC)c2)c1. The second-order valence-corrected chi connectivity index (χ2v) is 4.63. The standard InChI is InChI=1S/C16H17N2O3/c1-11-7-14(15(19)17-2)16(20)18(9-11)10-12-5-4-6-13(8-12)21-3/h4-9H,1,10H2,2-3H3,(H,17,19). The summed E-state index contributed by atoms with van der Waals surface area (Å²) in [5, 5.41) is 2.46. The van der Waals surface area contributed by atoms with Gasteiger partial charge in [-0.15, -0.1) is 0 Å². The van der Waals surface area contributed by atoms with Gasteiger partial charge in [0, 0.05) is 13.2 Å². The van der Waals surface area contributed by atoms with Crippen molar-refractivity contribution in [2.24, 2.45) is 0 Å². The summed E-state index contributed by atoms with van der Waals surface area (Å²) in [5.41, 5.74) is 1.26. The van der Waals surface area contributed by atoms with E-state index in [4.69, 9.17) is 4.74 Å². The van der Waals surface area contributed by atoms with E-state index < -0.39 is 5.91 Å². The number of amides is 1. The van der Waals surface area contributed by atoms with Crippen LogP contribution in [0.15, 0.2) is 41.3 Å². The van der Waals surface area contributed by atoms with E-state index in [0.29, 0.717) is 12.1 Å². The zero-order chi connectivity index (χ0) is 15.4. The van der Waals surface area contributed by atoms with Gasteiger partial charge in [0.05, 0.1) is 13.7 Å². The molecule has 1 heterocycles. The number of pyridine rings is 1. The molecule has 0 atom stereocenters. The van der Waals surface area contributed by atoms with Gasteiger partial charge in [-0.2, -0.15) is 0 Å². The van der Waals surface area contributed by atoms with Crippen molar-refractivity contribution >= 4 is 5.91 Å². The van der Waals surface area contributed by atoms with Crippen molar-refractivity contribution in [2.75, 3.05) is 14.2 Å². The van der Waals surface area contributed by atoms with Crippen molar-refractivity contribution in [3.63, 3.8) is 0 Å². The summed E-state index contributed by atoms with van der Waals surface area (Å²) in [6.45, 7) is 4.16. The molecule has 0 aliphatic heterocycles. The molecular weight excluding hydrogens is 268 g/mol. The molecule has 0 saturated carbocycles. The molecule has 1 aromatic carbocycles. The van der Waals surface area contributed by atoms with Crippen LogP contribution in [0.3, 0.4) is 0 Å². The van der Waals surface area contributed by atoms with Gasteiger partial charge in [0.2, 0.25) is 0 Å². The van der Waals surface area contributed by atoms with Gasteiger partial charge in [0.15, 0.2) is 0 Å². The highest BCUT2D eigenvalue weighted by molar-refractivity contribution is 5.93. The molecule has 5 nitrogen and oxygen atoms in total. The van der Waals surface area contributed by atoms with Gasteiger partial charge >= 0.3 is 0 Å². The number of benzene rings is 1. The topological polar surface area (TPSA) is 60.3 Å². The lowest BCUT2D eigenvalue weighted by atomic mass is 10.1. The Kier molecular flexibility index (Phi) is 4.42. The third-order valence-electron chi connectivity index (χ3n) is 3.10. The first-order valence-corrected chi connectivity index (χ1v) is 6.46. The molecule has 2 aromatic rings. The molecule has 0 spiro atoms. The number of nitrogens with zero attached hydrogens (tertiary/aromatic N) is 1. The lowest BCUT2D eigenvalue weighted by molar-refractivity contribution is 0.0961. The molecule has 21 heavy (non-hydrogen) atoms. The molecule has 1 amide bonds. The van der Waals surface area contributed by atoms with Gasteiger partial charge in [-0.25, -0.2) is 0 Å². The molecule has 1 N–H and O–H groups in total. The average Bonchev–Trinajstić information content (AvgIpc) is 2.50. The Hall–Kier alpha value is -2.56. The van der Waals surface area contributed by atoms with E-state index in [-0.39, 0.29) is 11.1 Å². The number of hydrogen-bond donors (Lipinski definition) is 1. The first-order chi connectivity index (χ1) is 10.0. The van der Waals surface area contributed by atoms with Crippen LogP contribution in [-0.4, -0.2) is 24.6 Å². The van der Waals surface area contributed by atoms with Gasteiger partial charge < -0.3 is 14.6 Å². The zero-order valence-corrected chi connectivity index (χ0v) is 12.1. The van der Waals surface area contributed by atoms with Crippen molar-refractivity contribution in [1.82, 2.24) is 9.88 Å². The van der Waals surface area contributed by atoms with Crippen LogP contribution in [0, 0.1) is 6.92 Å². The molecule has 109 valence electrons. The van der Waals surface area contributed by atoms with Crippen molar-refractivity contribution in [2.45, 2.75) is 6.54 Å². The van der Waals surface area contributed by atoms with Gasteiger partial charge in [-0.3, -0.25) is 9.59 Å². The third kappa shape index (κ3) is 3.31. The van der Waals surface area contributed by atoms with E-state index in [0.717, 1.165) is 11.3 Å². The number of methoxy groups -OCH3 is 1. The molecule has 0 saturated heterocycles. The number of rotatable bonds is 4. The maximum atomic E-state index is 12.3. The highest BCUT2D eigenvalue weighted by atomic mass is 16.5. The molecule has 1 aromatic heterocycles. The Morgan fingerprint density at radius 2 is 2.14 bits per heavy atom. The van der Waals surface area contributed by atoms with Crippen molar-refractivity contribution in [3.8, 4) is 5.75 Å². The summed E-state index contributed by atoms with van der Waals surface area (Å²) >= 11 is 0. The lowest BCUT2D eigenvalue weighted by Crippen LogP contribution is -2.31. The normalized spacial score (nSPS) is 10.2. The fourth-order valence-corrected chi connectivity index (χ4v) is 2.08. The van der Waals surface area contributed by atoms with Crippen LogP contribution in [0.5, 0.6) is 5.75 Å². The number of ether oxygens (including phenoxy) is 1. The number of aromatic nitrogens is 1. The van der Waals surface area contributed by atoms with Crippen LogP contribution in [0.4, 0.5) is 0 Å². The van der Waals surface area contributed by atoms with Gasteiger partial charge in [0.1, 0.15) is 11.3 Å². The second-order valence-electron chi connectivity index (χ2n) is 4.63. The van der Waals surface area contributed by atoms with E-state index in [2.05, 4.69) is 12.2 Å². The van der Waals surface area contributed by atoms with Crippen LogP contribution >= 0.6 is 0 Å². The summed E-state index contributed by atoms with van der Waals surface area (Å²) in [6.07, 6.45) is 1.63. The minimum absolute atomic E-state index is 0.0906. The monoisotopic (exact) mass is 285 g/mol. The summed E-state index contributed by atoms with van der Waals surface area (Å²) in [4.78, 5) is 24.0. The summed E-state index contributed by atoms with van der Waals surface area (Å²) in [7, 11) is 3.08. The second kappa shape index (κ2) is 6.26. The summed E-state index contributed by atoms with van der Waals surface area (Å²) in [5.74, 6) is 0.308. The molecule has 0 bridgehead atoms. The number of hydrogen-bond acceptors (Lipinski definition) is 3. The molecule has 5 heteroatoms. The molecule has 2 rings (SSSR count). The summed E-state index contributed by atoms with van der Waals surface area (Å²) < 4.78 is 6.64. The third-order valence-corrected chi connectivity index (χ3v) is 3.10. The maximum Gasteiger partial charge on any atom is 0.263 e. The number of carbonyl (C=O) groups is 1. The van der Waals surface area contributed by atoms with Crippen LogP contribution in [0.25, 0.3) is 0 Å². The minimum atomic E-state index is -0.412. The van der Waals surface area contributed by atoms with Crippen LogP contribution in [0.2, 0.25) is 0 Å². The highest BCUT2D eigenvalue weighted by Crippen LogP contribution is 2.13. The predicted octanol–water partition coefficient (Wildman–Crippen LogP) is 1.45. The van der Waals surface area contributed by atoms with E-state index in [1.165, 1.54) is 17.7 Å². The smallest absolute Gasteiger partial charge is 0.263 e. The molecule has 1 radical (unpaired) electrons. The lowest BCUT2D eigenvalue weighted by Gasteiger charge is -2.10. The Balaban J connectivity index is 2.42. The fraction of sp³-hybridized carbons (Fsp3) is 0.188. The molecular formula is C16H17N2O3. The van der Waals surface area contributed by atoms with E-state index >= 15 is 0 Å². The van der Waals surface area contributed by atoms with Crippen molar-refractivity contribution in [1.29, 1.82) is 0 Å². The molecule has 0 aliphatic carbocycles. The average molecular weight is 285 g/mol. The maximum absolute atomic E-state index is 12.3. The zero-order valence-electron chi connectivity index (χ0n) is 12.1. The molecule has 0 fully saturated rings. The van der Waals surface area contributed by atoms with Crippen molar-refractivity contribution < 1.29 is 9.53 Å². The molecule has 0 unspecified atom stereocenters. The van der Waals surface area contributed by atoms with E-state index in [1.54, 1.807) is 13.3 Å². The largest absolute Gasteiger partial charge is 0.497 e. The van der Waals surface area contributed by atoms with Gasteiger partial charge in [-0.1, -0.05) is 12.1 Å². The Bertz CT molecular complexity index is 720. The van der Waals surface area contributed by atoms with Crippen LogP contribution in [-0.2, 0) is 6.54 Å². The Labute approximate surface area is 123 Å². The highest BCUT2D eigenvalue weighted by Gasteiger charge is 2.12. The summed E-state index contributed by atoms with van der Waals surface area (Å²) in [6, 6.07) is 8.92. The number of nitrogens with one attached hydrogen (secondary N) is 1. The van der Waals surface area contributed by atoms with E-state index in [9.17, 15) is 9.59 Å². The predicted molar refractivity (Wildman–Crippen MR) is 80.6 cm³/mol. The number of carbonyl (C=O) groups excluding carboxylic acids is 1.